The molecule has 0 spiro atoms. The highest BCUT2D eigenvalue weighted by Gasteiger charge is 2.37. The number of carboxylic acid groups (broad SMARTS) is 1. The van der Waals surface area contributed by atoms with Crippen molar-refractivity contribution in [3.63, 3.8) is 0 Å². The first-order valence-corrected chi connectivity index (χ1v) is 22.2. The lowest BCUT2D eigenvalue weighted by atomic mass is 9.97. The van der Waals surface area contributed by atoms with Crippen LogP contribution >= 0.6 is 0 Å². The smallest absolute Gasteiger partial charge is 0.326 e. The minimum absolute atomic E-state index is 0.0114. The zero-order valence-corrected chi connectivity index (χ0v) is 39.2. The highest BCUT2D eigenvalue weighted by Crippen LogP contribution is 2.11. The van der Waals surface area contributed by atoms with Crippen LogP contribution in [0.25, 0.3) is 0 Å². The molecule has 0 bridgehead atoms. The Kier molecular flexibility index (Phi) is 26.5. The topological polar surface area (TPSA) is 455 Å². The Morgan fingerprint density at radius 1 is 0.632 bits per heavy atom. The number of aliphatic hydroxyl groups is 3. The van der Waals surface area contributed by atoms with Crippen LogP contribution < -0.4 is 59.7 Å². The monoisotopic (exact) mass is 970 g/mol. The summed E-state index contributed by atoms with van der Waals surface area (Å²) in [4.78, 5) is 137. The zero-order valence-electron chi connectivity index (χ0n) is 39.2. The van der Waals surface area contributed by atoms with E-state index in [1.807, 2.05) is 0 Å². The van der Waals surface area contributed by atoms with Crippen molar-refractivity contribution in [2.75, 3.05) is 19.8 Å². The van der Waals surface area contributed by atoms with E-state index in [0.29, 0.717) is 19.3 Å². The average Bonchev–Trinajstić information content (AvgIpc) is 3.81. The molecule has 0 saturated heterocycles. The Bertz CT molecular complexity index is 1850. The van der Waals surface area contributed by atoms with Crippen LogP contribution in [0.15, 0.2) is 12.4 Å². The summed E-state index contributed by atoms with van der Waals surface area (Å²) in [6.45, 7) is 7.58. The fraction of sp³-hybridized carbons (Fsp3) is 0.683. The van der Waals surface area contributed by atoms with Crippen molar-refractivity contribution in [1.29, 1.82) is 0 Å². The van der Waals surface area contributed by atoms with Crippen LogP contribution in [0.2, 0.25) is 0 Å². The molecule has 0 unspecified atom stereocenters. The number of unbranched alkanes of at least 4 members (excludes halogenated alkanes) is 1. The molecule has 68 heavy (non-hydrogen) atoms. The van der Waals surface area contributed by atoms with E-state index in [0.717, 1.165) is 6.92 Å². The summed E-state index contributed by atoms with van der Waals surface area (Å²) < 4.78 is 0. The van der Waals surface area contributed by atoms with Crippen LogP contribution in [0.1, 0.15) is 85.9 Å². The summed E-state index contributed by atoms with van der Waals surface area (Å²) in [5.74, 6) is -11.2. The fourth-order valence-corrected chi connectivity index (χ4v) is 6.23. The number of nitrogens with zero attached hydrogens (tertiary/aromatic N) is 1. The lowest BCUT2D eigenvalue weighted by Crippen LogP contribution is -2.62. The number of imidazole rings is 1. The van der Waals surface area contributed by atoms with Gasteiger partial charge in [-0.05, 0) is 51.5 Å². The Morgan fingerprint density at radius 3 is 1.62 bits per heavy atom. The molecule has 1 rings (SSSR count). The molecule has 12 atom stereocenters. The van der Waals surface area contributed by atoms with Gasteiger partial charge in [-0.1, -0.05) is 40.5 Å². The lowest BCUT2D eigenvalue weighted by molar-refractivity contribution is -0.143. The van der Waals surface area contributed by atoms with Crippen molar-refractivity contribution < 1.29 is 68.4 Å². The van der Waals surface area contributed by atoms with Gasteiger partial charge in [-0.15, -0.1) is 0 Å². The van der Waals surface area contributed by atoms with Gasteiger partial charge in [0.15, 0.2) is 0 Å². The molecule has 0 radical (unpaired) electrons. The van der Waals surface area contributed by atoms with Gasteiger partial charge in [-0.2, -0.15) is 0 Å². The number of H-pyrrole nitrogens is 1. The molecule has 1 aromatic heterocycles. The van der Waals surface area contributed by atoms with E-state index >= 15 is 0 Å². The van der Waals surface area contributed by atoms with E-state index in [1.165, 1.54) is 19.3 Å². The molecule has 0 saturated carbocycles. The highest BCUT2D eigenvalue weighted by atomic mass is 16.4. The van der Waals surface area contributed by atoms with Gasteiger partial charge in [0.05, 0.1) is 31.8 Å². The fourth-order valence-electron chi connectivity index (χ4n) is 6.23. The van der Waals surface area contributed by atoms with Crippen molar-refractivity contribution in [1.82, 2.24) is 52.5 Å². The van der Waals surface area contributed by atoms with E-state index in [2.05, 4.69) is 52.5 Å². The lowest BCUT2D eigenvalue weighted by Gasteiger charge is -2.29. The number of hydrogen-bond donors (Lipinski definition) is 16. The Labute approximate surface area is 393 Å². The molecule has 0 fully saturated rings. The number of nitrogens with two attached hydrogens (primary N) is 3. The van der Waals surface area contributed by atoms with Gasteiger partial charge in [0.2, 0.25) is 53.2 Å². The first kappa shape index (κ1) is 59.7. The largest absolute Gasteiger partial charge is 0.480 e. The number of aromatic amines is 1. The Hall–Kier alpha value is -6.29. The maximum atomic E-state index is 14.0. The molecule has 19 N–H and O–H groups in total. The highest BCUT2D eigenvalue weighted by molar-refractivity contribution is 5.99. The predicted molar refractivity (Wildman–Crippen MR) is 241 cm³/mol. The summed E-state index contributed by atoms with van der Waals surface area (Å²) >= 11 is 0. The first-order valence-electron chi connectivity index (χ1n) is 22.2. The van der Waals surface area contributed by atoms with Gasteiger partial charge in [-0.25, -0.2) is 9.78 Å². The van der Waals surface area contributed by atoms with E-state index in [1.54, 1.807) is 27.7 Å². The molecule has 1 heterocycles. The molecule has 27 nitrogen and oxygen atoms in total. The number of aromatic nitrogens is 2. The summed E-state index contributed by atoms with van der Waals surface area (Å²) in [6.07, 6.45) is 1.66. The number of aliphatic carboxylic acids is 1. The summed E-state index contributed by atoms with van der Waals surface area (Å²) in [5, 5.41) is 58.3. The van der Waals surface area contributed by atoms with Crippen molar-refractivity contribution in [2.24, 2.45) is 29.0 Å². The third-order valence-electron chi connectivity index (χ3n) is 11.0. The summed E-state index contributed by atoms with van der Waals surface area (Å²) in [6, 6.07) is -13.6. The third-order valence-corrected chi connectivity index (χ3v) is 11.0. The number of carbonyl (C=O) groups excluding carboxylic acids is 9. The number of carboxylic acids is 1. The molecule has 0 aliphatic heterocycles. The summed E-state index contributed by atoms with van der Waals surface area (Å²) in [7, 11) is 0. The second-order valence-corrected chi connectivity index (χ2v) is 16.4. The van der Waals surface area contributed by atoms with E-state index < -0.39 is 145 Å². The van der Waals surface area contributed by atoms with E-state index in [9.17, 15) is 68.4 Å². The quantitative estimate of drug-likeness (QED) is 0.0299. The first-order chi connectivity index (χ1) is 32.0. The van der Waals surface area contributed by atoms with Gasteiger partial charge in [0.25, 0.3) is 0 Å². The number of carbonyl (C=O) groups is 10. The molecular weight excluding hydrogens is 899 g/mol. The SMILES string of the molecule is CC[C@H](C)[C@H](N)C(=O)N[C@@H](CO)C(=O)N[C@H](C(=O)N[C@@H](C)C(=O)N[C@H](C(=O)N[C@@H](Cc1ncc[nH]1)C(=O)N[C@@H](CC(N)=O)C(=O)N[C@@H](CO)C(=O)N[C@@H](CCCCN)C(=O)O)[C@@H](C)CC)[C@@H](C)O. The van der Waals surface area contributed by atoms with Crippen molar-refractivity contribution >= 4 is 59.1 Å². The number of primary amides is 1. The third kappa shape index (κ3) is 19.9. The molecule has 0 aliphatic rings. The molecule has 1 aromatic rings. The summed E-state index contributed by atoms with van der Waals surface area (Å²) in [5.41, 5.74) is 16.7. The molecule has 9 amide bonds. The Balaban J connectivity index is 3.28. The van der Waals surface area contributed by atoms with Gasteiger partial charge < -0.3 is 85.1 Å². The number of aliphatic hydroxyl groups excluding tert-OH is 3. The molecule has 0 aromatic carbocycles. The molecular formula is C41H71N13O14. The van der Waals surface area contributed by atoms with Crippen molar-refractivity contribution in [3.05, 3.63) is 18.2 Å². The maximum absolute atomic E-state index is 14.0. The molecule has 384 valence electrons. The number of nitrogens with one attached hydrogen (secondary N) is 9. The van der Waals surface area contributed by atoms with Crippen molar-refractivity contribution in [3.8, 4) is 0 Å². The minimum atomic E-state index is -1.80. The Morgan fingerprint density at radius 2 is 1.12 bits per heavy atom. The molecule has 27 heteroatoms. The minimum Gasteiger partial charge on any atom is -0.480 e. The van der Waals surface area contributed by atoms with Crippen LogP contribution in [-0.2, 0) is 54.4 Å². The number of rotatable bonds is 32. The van der Waals surface area contributed by atoms with Crippen LogP contribution in [-0.4, -0.2) is 170 Å². The predicted octanol–water partition coefficient (Wildman–Crippen LogP) is -6.28. The second-order valence-electron chi connectivity index (χ2n) is 16.4. The van der Waals surface area contributed by atoms with E-state index in [-0.39, 0.29) is 37.5 Å². The van der Waals surface area contributed by atoms with Crippen LogP contribution in [0, 0.1) is 11.8 Å². The number of hydrogen-bond acceptors (Lipinski definition) is 16. The van der Waals surface area contributed by atoms with E-state index in [4.69, 9.17) is 17.2 Å². The van der Waals surface area contributed by atoms with Crippen LogP contribution in [0.3, 0.4) is 0 Å². The van der Waals surface area contributed by atoms with Gasteiger partial charge >= 0.3 is 5.97 Å². The van der Waals surface area contributed by atoms with Crippen LogP contribution in [0.5, 0.6) is 0 Å². The molecule has 0 aliphatic carbocycles. The van der Waals surface area contributed by atoms with Gasteiger partial charge in [0, 0.05) is 18.8 Å². The zero-order chi connectivity index (χ0) is 51.8. The normalized spacial score (nSPS) is 16.5. The van der Waals surface area contributed by atoms with Gasteiger partial charge in [0.1, 0.15) is 54.2 Å². The van der Waals surface area contributed by atoms with Crippen LogP contribution in [0.4, 0.5) is 0 Å². The van der Waals surface area contributed by atoms with Gasteiger partial charge in [-0.3, -0.25) is 43.2 Å². The maximum Gasteiger partial charge on any atom is 0.326 e. The average molecular weight is 970 g/mol. The standard InChI is InChI=1S/C41H71N13O14/c1-7-19(3)30(44)38(64)52-27(18-56)37(63)54-32(22(6)57)40(66)47-21(5)33(59)53-31(20(4)8-2)39(65)50-25(16-29-45-13-14-46-29)35(61)49-24(15-28(43)58)34(60)51-26(17-55)36(62)48-23(41(67)68)11-9-10-12-42/h13-14,19-27,30-32,55-57H,7-12,15-18,42,44H2,1-6H3,(H2,43,58)(H,45,46)(H,47,66)(H,48,62)(H,49,61)(H,50,65)(H,51,60)(H,52,64)(H,53,59)(H,54,63)(H,67,68)/t19-,20-,21-,22+,23-,24-,25-,26-,27-,30-,31-,32-/m0/s1. The number of amides is 9. The second kappa shape index (κ2) is 30.2. The van der Waals surface area contributed by atoms with Crippen molar-refractivity contribution in [2.45, 2.75) is 147 Å².